The molecular weight excluding hydrogens is 282 g/mol. The number of sulfonamides is 1. The van der Waals surface area contributed by atoms with Crippen LogP contribution in [0.3, 0.4) is 0 Å². The Morgan fingerprint density at radius 2 is 2.16 bits per heavy atom. The molecule has 5 nitrogen and oxygen atoms in total. The summed E-state index contributed by atoms with van der Waals surface area (Å²) < 4.78 is 26.2. The molecule has 1 aromatic heterocycles. The molecule has 1 aromatic carbocycles. The summed E-state index contributed by atoms with van der Waals surface area (Å²) in [5, 5.41) is 0.869. The van der Waals surface area contributed by atoms with Crippen molar-refractivity contribution in [2.45, 2.75) is 18.4 Å². The molecule has 0 amide bonds. The zero-order valence-electron chi connectivity index (χ0n) is 10.1. The number of aromatic nitrogens is 1. The first-order valence-electron chi connectivity index (χ1n) is 5.64. The van der Waals surface area contributed by atoms with E-state index >= 15 is 0 Å². The Hall–Kier alpha value is -1.73. The number of aryl methyl sites for hydroxylation is 1. The third-order valence-corrected chi connectivity index (χ3v) is 5.00. The summed E-state index contributed by atoms with van der Waals surface area (Å²) in [7, 11) is -3.45. The van der Waals surface area contributed by atoms with Gasteiger partial charge >= 0.3 is 0 Å². The summed E-state index contributed by atoms with van der Waals surface area (Å²) in [5.41, 5.74) is 0.621. The number of nitrogens with zero attached hydrogens (tertiary/aromatic N) is 2. The number of amidine groups is 1. The second-order valence-corrected chi connectivity index (χ2v) is 7.10. The zero-order chi connectivity index (χ0) is 13.5. The van der Waals surface area contributed by atoms with E-state index in [4.69, 9.17) is 0 Å². The lowest BCUT2D eigenvalue weighted by molar-refractivity contribution is 0.595. The Balaban J connectivity index is 1.95. The van der Waals surface area contributed by atoms with E-state index in [0.29, 0.717) is 17.9 Å². The molecule has 0 unspecified atom stereocenters. The van der Waals surface area contributed by atoms with Crippen molar-refractivity contribution in [2.75, 3.05) is 0 Å². The van der Waals surface area contributed by atoms with E-state index in [1.54, 1.807) is 41.8 Å². The molecule has 2 aromatic rings. The van der Waals surface area contributed by atoms with Gasteiger partial charge in [-0.2, -0.15) is 0 Å². The third kappa shape index (κ3) is 2.26. The number of thiazole rings is 1. The van der Waals surface area contributed by atoms with Crippen molar-refractivity contribution in [1.82, 2.24) is 9.71 Å². The minimum absolute atomic E-state index is 0.282. The maximum atomic E-state index is 11.9. The summed E-state index contributed by atoms with van der Waals surface area (Å²) >= 11 is 1.56. The van der Waals surface area contributed by atoms with Crippen LogP contribution in [0.5, 0.6) is 0 Å². The Morgan fingerprint density at radius 3 is 2.89 bits per heavy atom. The van der Waals surface area contributed by atoms with Gasteiger partial charge in [-0.05, 0) is 19.1 Å². The highest BCUT2D eigenvalue weighted by Gasteiger charge is 2.29. The van der Waals surface area contributed by atoms with E-state index in [9.17, 15) is 8.42 Å². The highest BCUT2D eigenvalue weighted by atomic mass is 32.2. The lowest BCUT2D eigenvalue weighted by atomic mass is 10.2. The van der Waals surface area contributed by atoms with E-state index in [0.717, 1.165) is 9.88 Å². The molecular formula is C12H11N3O2S2. The molecule has 98 valence electrons. The number of fused-ring (bicyclic) bond motifs is 1. The number of nitrogens with one attached hydrogen (secondary N) is 1. The van der Waals surface area contributed by atoms with E-state index in [2.05, 4.69) is 14.7 Å². The zero-order valence-corrected chi connectivity index (χ0v) is 11.8. The fourth-order valence-electron chi connectivity index (χ4n) is 1.87. The van der Waals surface area contributed by atoms with Crippen LogP contribution in [0.4, 0.5) is 0 Å². The average Bonchev–Trinajstić information content (AvgIpc) is 2.90. The molecule has 0 atom stereocenters. The summed E-state index contributed by atoms with van der Waals surface area (Å²) in [6, 6.07) is 6.82. The number of aliphatic imine (C=N–C) groups is 1. The molecule has 3 rings (SSSR count). The van der Waals surface area contributed by atoms with Crippen molar-refractivity contribution >= 4 is 27.2 Å². The number of benzene rings is 1. The number of hydrogen-bond acceptors (Lipinski definition) is 5. The van der Waals surface area contributed by atoms with Gasteiger partial charge < -0.3 is 0 Å². The fraction of sp³-hybridized carbons (Fsp3) is 0.167. The van der Waals surface area contributed by atoms with Crippen molar-refractivity contribution in [3.63, 3.8) is 0 Å². The second kappa shape index (κ2) is 4.43. The van der Waals surface area contributed by atoms with Crippen LogP contribution in [0.15, 0.2) is 40.4 Å². The monoisotopic (exact) mass is 293 g/mol. The van der Waals surface area contributed by atoms with Crippen LogP contribution in [0.1, 0.15) is 15.4 Å². The predicted molar refractivity (Wildman–Crippen MR) is 73.9 cm³/mol. The Kier molecular flexibility index (Phi) is 2.87. The molecule has 0 saturated heterocycles. The molecule has 0 radical (unpaired) electrons. The number of hydrogen-bond donors (Lipinski definition) is 1. The first-order chi connectivity index (χ1) is 9.06. The van der Waals surface area contributed by atoms with Gasteiger partial charge in [0.25, 0.3) is 10.0 Å². The molecule has 19 heavy (non-hydrogen) atoms. The van der Waals surface area contributed by atoms with Crippen LogP contribution in [0.2, 0.25) is 0 Å². The molecule has 0 aliphatic carbocycles. The first-order valence-corrected chi connectivity index (χ1v) is 7.94. The minimum atomic E-state index is -3.45. The maximum absolute atomic E-state index is 11.9. The summed E-state index contributed by atoms with van der Waals surface area (Å²) in [6.07, 6.45) is 1.78. The van der Waals surface area contributed by atoms with Crippen LogP contribution in [-0.2, 0) is 16.6 Å². The van der Waals surface area contributed by atoms with Gasteiger partial charge in [0.1, 0.15) is 10.8 Å². The van der Waals surface area contributed by atoms with Gasteiger partial charge in [0, 0.05) is 16.6 Å². The molecule has 0 spiro atoms. The van der Waals surface area contributed by atoms with E-state index in [1.807, 2.05) is 6.92 Å². The van der Waals surface area contributed by atoms with Crippen molar-refractivity contribution in [3.8, 4) is 0 Å². The molecule has 2 heterocycles. The lowest BCUT2D eigenvalue weighted by Gasteiger charge is -1.97. The largest absolute Gasteiger partial charge is 0.263 e. The molecule has 0 bridgehead atoms. The quantitative estimate of drug-likeness (QED) is 0.916. The molecule has 1 aliphatic rings. The Morgan fingerprint density at radius 1 is 1.37 bits per heavy atom. The SMILES string of the molecule is Cc1cnc(CN=C2NS(=O)(=O)c3ccccc32)s1. The lowest BCUT2D eigenvalue weighted by Crippen LogP contribution is -2.22. The normalized spacial score (nSPS) is 18.3. The summed E-state index contributed by atoms with van der Waals surface area (Å²) in [4.78, 5) is 9.92. The standard InChI is InChI=1S/C12H11N3O2S2/c1-8-6-13-11(18-8)7-14-12-9-4-2-3-5-10(9)19(16,17)15-12/h2-6H,7H2,1H3,(H,14,15). The molecule has 0 fully saturated rings. The Labute approximate surface area is 115 Å². The highest BCUT2D eigenvalue weighted by molar-refractivity contribution is 7.90. The molecule has 0 saturated carbocycles. The molecule has 1 aliphatic heterocycles. The molecule has 7 heteroatoms. The van der Waals surface area contributed by atoms with Crippen LogP contribution in [-0.4, -0.2) is 19.2 Å². The summed E-state index contributed by atoms with van der Waals surface area (Å²) in [5.74, 6) is 0.392. The van der Waals surface area contributed by atoms with E-state index in [1.165, 1.54) is 0 Å². The van der Waals surface area contributed by atoms with Crippen molar-refractivity contribution in [1.29, 1.82) is 0 Å². The second-order valence-electron chi connectivity index (χ2n) is 4.13. The third-order valence-electron chi connectivity index (χ3n) is 2.70. The van der Waals surface area contributed by atoms with Gasteiger partial charge in [-0.15, -0.1) is 11.3 Å². The van der Waals surface area contributed by atoms with Crippen LogP contribution < -0.4 is 4.72 Å². The van der Waals surface area contributed by atoms with Crippen LogP contribution >= 0.6 is 11.3 Å². The smallest absolute Gasteiger partial charge is 0.263 e. The topological polar surface area (TPSA) is 71.4 Å². The van der Waals surface area contributed by atoms with Gasteiger partial charge in [-0.3, -0.25) is 9.71 Å². The van der Waals surface area contributed by atoms with Gasteiger partial charge in [0.05, 0.1) is 11.4 Å². The van der Waals surface area contributed by atoms with Crippen LogP contribution in [0, 0.1) is 6.92 Å². The average molecular weight is 293 g/mol. The Bertz CT molecular complexity index is 763. The van der Waals surface area contributed by atoms with Gasteiger partial charge in [0.15, 0.2) is 0 Å². The van der Waals surface area contributed by atoms with E-state index in [-0.39, 0.29) is 4.90 Å². The van der Waals surface area contributed by atoms with Crippen molar-refractivity contribution in [2.24, 2.45) is 4.99 Å². The first kappa shape index (κ1) is 12.3. The van der Waals surface area contributed by atoms with Crippen molar-refractivity contribution < 1.29 is 8.42 Å². The van der Waals surface area contributed by atoms with Gasteiger partial charge in [-0.1, -0.05) is 12.1 Å². The minimum Gasteiger partial charge on any atom is -0.263 e. The molecule has 1 N–H and O–H groups in total. The highest BCUT2D eigenvalue weighted by Crippen LogP contribution is 2.22. The van der Waals surface area contributed by atoms with Crippen LogP contribution in [0.25, 0.3) is 0 Å². The maximum Gasteiger partial charge on any atom is 0.263 e. The predicted octanol–water partition coefficient (Wildman–Crippen LogP) is 1.69. The van der Waals surface area contributed by atoms with Gasteiger partial charge in [-0.25, -0.2) is 13.4 Å². The number of rotatable bonds is 2. The fourth-order valence-corrected chi connectivity index (χ4v) is 3.84. The van der Waals surface area contributed by atoms with Crippen molar-refractivity contribution in [3.05, 3.63) is 45.9 Å². The summed E-state index contributed by atoms with van der Waals surface area (Å²) in [6.45, 7) is 2.35. The van der Waals surface area contributed by atoms with Gasteiger partial charge in [0.2, 0.25) is 0 Å². The van der Waals surface area contributed by atoms with E-state index < -0.39 is 10.0 Å².